The van der Waals surface area contributed by atoms with Gasteiger partial charge in [0.15, 0.2) is 6.10 Å². The number of nitrogens with one attached hydrogen (secondary N) is 2. The minimum absolute atomic E-state index is 0.0512. The maximum atomic E-state index is 12.4. The molecule has 8 nitrogen and oxygen atoms in total. The molecule has 144 valence electrons. The number of benzene rings is 2. The SMILES string of the molecule is O=C(O)C1Cc2cc(C(CNS(=O)(=O)c3ccc(Cl)cc3)NO)ccc2O1. The molecule has 0 spiro atoms. The van der Waals surface area contributed by atoms with Crippen LogP contribution in [0.4, 0.5) is 0 Å². The van der Waals surface area contributed by atoms with Crippen molar-refractivity contribution >= 4 is 27.6 Å². The van der Waals surface area contributed by atoms with Crippen LogP contribution >= 0.6 is 11.6 Å². The summed E-state index contributed by atoms with van der Waals surface area (Å²) in [4.78, 5) is 11.1. The van der Waals surface area contributed by atoms with Crippen molar-refractivity contribution < 1.29 is 28.3 Å². The Morgan fingerprint density at radius 1 is 1.26 bits per heavy atom. The molecule has 2 atom stereocenters. The number of carboxylic acid groups (broad SMARTS) is 1. The number of carbonyl (C=O) groups is 1. The summed E-state index contributed by atoms with van der Waals surface area (Å²) in [5.41, 5.74) is 3.34. The third kappa shape index (κ3) is 4.40. The third-order valence-corrected chi connectivity index (χ3v) is 5.89. The first kappa shape index (κ1) is 19.6. The van der Waals surface area contributed by atoms with Crippen molar-refractivity contribution in [2.75, 3.05) is 6.54 Å². The van der Waals surface area contributed by atoms with Gasteiger partial charge >= 0.3 is 5.97 Å². The van der Waals surface area contributed by atoms with Crippen molar-refractivity contribution in [1.82, 2.24) is 10.2 Å². The summed E-state index contributed by atoms with van der Waals surface area (Å²) in [5.74, 6) is -0.593. The van der Waals surface area contributed by atoms with Crippen molar-refractivity contribution in [2.45, 2.75) is 23.5 Å². The van der Waals surface area contributed by atoms with E-state index in [1.807, 2.05) is 0 Å². The summed E-state index contributed by atoms with van der Waals surface area (Å²) in [6.45, 7) is -0.122. The molecule has 0 saturated heterocycles. The van der Waals surface area contributed by atoms with Crippen LogP contribution in [-0.4, -0.2) is 37.3 Å². The second-order valence-electron chi connectivity index (χ2n) is 6.00. The molecule has 0 bridgehead atoms. The summed E-state index contributed by atoms with van der Waals surface area (Å²) in [6, 6.07) is 9.88. The minimum atomic E-state index is -3.78. The fourth-order valence-corrected chi connectivity index (χ4v) is 3.92. The molecule has 0 aliphatic carbocycles. The summed E-state index contributed by atoms with van der Waals surface area (Å²) >= 11 is 5.76. The topological polar surface area (TPSA) is 125 Å². The molecule has 27 heavy (non-hydrogen) atoms. The molecular formula is C17H17ClN2O6S. The number of fused-ring (bicyclic) bond motifs is 1. The van der Waals surface area contributed by atoms with Crippen LogP contribution in [0.3, 0.4) is 0 Å². The van der Waals surface area contributed by atoms with E-state index in [9.17, 15) is 18.4 Å². The number of halogens is 1. The highest BCUT2D eigenvalue weighted by Crippen LogP contribution is 2.31. The molecule has 2 unspecified atom stereocenters. The van der Waals surface area contributed by atoms with Crippen LogP contribution < -0.4 is 14.9 Å². The number of carboxylic acids is 1. The maximum absolute atomic E-state index is 12.4. The molecule has 0 aromatic heterocycles. The molecule has 2 aromatic rings. The van der Waals surface area contributed by atoms with E-state index in [-0.39, 0.29) is 17.9 Å². The van der Waals surface area contributed by atoms with Crippen molar-refractivity contribution in [3.8, 4) is 5.75 Å². The van der Waals surface area contributed by atoms with Crippen molar-refractivity contribution in [1.29, 1.82) is 0 Å². The molecule has 0 radical (unpaired) electrons. The molecular weight excluding hydrogens is 396 g/mol. The lowest BCUT2D eigenvalue weighted by Crippen LogP contribution is -2.33. The van der Waals surface area contributed by atoms with Gasteiger partial charge in [-0.3, -0.25) is 0 Å². The molecule has 10 heteroatoms. The Kier molecular flexibility index (Phi) is 5.68. The van der Waals surface area contributed by atoms with E-state index in [1.54, 1.807) is 18.2 Å². The smallest absolute Gasteiger partial charge is 0.345 e. The van der Waals surface area contributed by atoms with E-state index in [4.69, 9.17) is 21.4 Å². The molecule has 2 aromatic carbocycles. The van der Waals surface area contributed by atoms with E-state index in [2.05, 4.69) is 10.2 Å². The number of hydrogen-bond acceptors (Lipinski definition) is 6. The zero-order valence-electron chi connectivity index (χ0n) is 13.9. The molecule has 3 rings (SSSR count). The first-order valence-corrected chi connectivity index (χ1v) is 9.83. The molecule has 0 amide bonds. The molecule has 4 N–H and O–H groups in total. The number of hydroxylamine groups is 1. The van der Waals surface area contributed by atoms with Gasteiger partial charge in [0, 0.05) is 18.0 Å². The van der Waals surface area contributed by atoms with Gasteiger partial charge in [0.1, 0.15) is 5.75 Å². The van der Waals surface area contributed by atoms with Crippen molar-refractivity contribution in [3.63, 3.8) is 0 Å². The average molecular weight is 413 g/mol. The van der Waals surface area contributed by atoms with Gasteiger partial charge in [-0.1, -0.05) is 23.7 Å². The lowest BCUT2D eigenvalue weighted by Gasteiger charge is -2.17. The predicted octanol–water partition coefficient (Wildman–Crippen LogP) is 1.73. The van der Waals surface area contributed by atoms with Crippen molar-refractivity contribution in [3.05, 3.63) is 58.6 Å². The Morgan fingerprint density at radius 2 is 1.96 bits per heavy atom. The monoisotopic (exact) mass is 412 g/mol. The van der Waals surface area contributed by atoms with Gasteiger partial charge in [0.25, 0.3) is 0 Å². The number of sulfonamides is 1. The Balaban J connectivity index is 1.72. The Morgan fingerprint density at radius 3 is 2.59 bits per heavy atom. The fourth-order valence-electron chi connectivity index (χ4n) is 2.75. The number of aliphatic carboxylic acids is 1. The number of ether oxygens (including phenoxy) is 1. The van der Waals surface area contributed by atoms with Gasteiger partial charge in [-0.15, -0.1) is 0 Å². The maximum Gasteiger partial charge on any atom is 0.345 e. The minimum Gasteiger partial charge on any atom is -0.478 e. The second kappa shape index (κ2) is 7.83. The van der Waals surface area contributed by atoms with E-state index >= 15 is 0 Å². The van der Waals surface area contributed by atoms with E-state index < -0.39 is 28.1 Å². The number of hydrogen-bond donors (Lipinski definition) is 4. The van der Waals surface area contributed by atoms with Crippen LogP contribution in [0.5, 0.6) is 5.75 Å². The van der Waals surface area contributed by atoms with E-state index in [1.165, 1.54) is 24.3 Å². The van der Waals surface area contributed by atoms with Crippen molar-refractivity contribution in [2.24, 2.45) is 0 Å². The van der Waals surface area contributed by atoms with Crippen LogP contribution in [0.1, 0.15) is 17.2 Å². The van der Waals surface area contributed by atoms with Gasteiger partial charge in [0.05, 0.1) is 10.9 Å². The van der Waals surface area contributed by atoms with Crippen LogP contribution in [0.25, 0.3) is 0 Å². The predicted molar refractivity (Wildman–Crippen MR) is 96.5 cm³/mol. The Hall–Kier alpha value is -2.17. The van der Waals surface area contributed by atoms with Crippen LogP contribution in [0, 0.1) is 0 Å². The van der Waals surface area contributed by atoms with Gasteiger partial charge in [0.2, 0.25) is 10.0 Å². The zero-order valence-corrected chi connectivity index (χ0v) is 15.5. The molecule has 1 aliphatic heterocycles. The third-order valence-electron chi connectivity index (χ3n) is 4.19. The first-order chi connectivity index (χ1) is 12.8. The standard InChI is InChI=1S/C17H17ClN2O6S/c18-12-2-4-13(5-3-12)27(24,25)19-9-14(20-23)10-1-6-15-11(7-10)8-16(26-15)17(21)22/h1-7,14,16,19-20,23H,8-9H2,(H,21,22). The summed E-state index contributed by atoms with van der Waals surface area (Å²) in [5, 5.41) is 18.9. The zero-order chi connectivity index (χ0) is 19.6. The summed E-state index contributed by atoms with van der Waals surface area (Å²) in [7, 11) is -3.78. The van der Waals surface area contributed by atoms with E-state index in [0.29, 0.717) is 21.9 Å². The lowest BCUT2D eigenvalue weighted by atomic mass is 10.0. The molecule has 1 heterocycles. The molecule has 0 saturated carbocycles. The highest BCUT2D eigenvalue weighted by molar-refractivity contribution is 7.89. The highest BCUT2D eigenvalue weighted by Gasteiger charge is 2.29. The summed E-state index contributed by atoms with van der Waals surface area (Å²) in [6.07, 6.45) is -0.744. The first-order valence-electron chi connectivity index (χ1n) is 7.97. The van der Waals surface area contributed by atoms with Gasteiger partial charge in [-0.05, 0) is 41.5 Å². The fraction of sp³-hybridized carbons (Fsp3) is 0.235. The van der Waals surface area contributed by atoms with Crippen LogP contribution in [-0.2, 0) is 21.2 Å². The summed E-state index contributed by atoms with van der Waals surface area (Å²) < 4.78 is 32.4. The van der Waals surface area contributed by atoms with Crippen LogP contribution in [0.15, 0.2) is 47.4 Å². The van der Waals surface area contributed by atoms with Gasteiger partial charge in [-0.2, -0.15) is 5.48 Å². The quantitative estimate of drug-likeness (QED) is 0.510. The van der Waals surface area contributed by atoms with Crippen LogP contribution in [0.2, 0.25) is 5.02 Å². The van der Waals surface area contributed by atoms with E-state index in [0.717, 1.165) is 0 Å². The van der Waals surface area contributed by atoms with Gasteiger partial charge < -0.3 is 15.1 Å². The average Bonchev–Trinajstić information content (AvgIpc) is 3.06. The molecule has 0 fully saturated rings. The lowest BCUT2D eigenvalue weighted by molar-refractivity contribution is -0.144. The molecule has 1 aliphatic rings. The Labute approximate surface area is 160 Å². The Bertz CT molecular complexity index is 948. The number of rotatable bonds is 7. The highest BCUT2D eigenvalue weighted by atomic mass is 35.5. The largest absolute Gasteiger partial charge is 0.478 e. The van der Waals surface area contributed by atoms with Gasteiger partial charge in [-0.25, -0.2) is 17.9 Å². The second-order valence-corrected chi connectivity index (χ2v) is 8.21. The normalized spacial score (nSPS) is 17.2.